The van der Waals surface area contributed by atoms with Gasteiger partial charge in [0.1, 0.15) is 6.61 Å². The van der Waals surface area contributed by atoms with Crippen molar-refractivity contribution in [2.45, 2.75) is 12.9 Å². The number of ether oxygens (including phenoxy) is 1. The number of nitrogens with zero attached hydrogens (tertiary/aromatic N) is 2. The lowest BCUT2D eigenvalue weighted by Gasteiger charge is -2.22. The van der Waals surface area contributed by atoms with Crippen LogP contribution in [0, 0.1) is 0 Å². The molecule has 1 aliphatic heterocycles. The van der Waals surface area contributed by atoms with Gasteiger partial charge >= 0.3 is 12.3 Å². The molecule has 1 aromatic rings. The monoisotopic (exact) mass is 307 g/mol. The zero-order valence-electron chi connectivity index (χ0n) is 9.89. The second-order valence-electron chi connectivity index (χ2n) is 3.79. The van der Waals surface area contributed by atoms with Gasteiger partial charge in [-0.3, -0.25) is 5.43 Å². The second-order valence-corrected chi connectivity index (χ2v) is 4.11. The topological polar surface area (TPSA) is 44.8 Å². The van der Waals surface area contributed by atoms with E-state index < -0.39 is 18.0 Å². The van der Waals surface area contributed by atoms with E-state index in [0.29, 0.717) is 6.20 Å². The Morgan fingerprint density at radius 3 is 2.50 bits per heavy atom. The molecule has 0 atom stereocenters. The summed E-state index contributed by atoms with van der Waals surface area (Å²) in [4.78, 5) is 11.6. The minimum absolute atomic E-state index is 0.0486. The van der Waals surface area contributed by atoms with Gasteiger partial charge in [0.05, 0.1) is 6.20 Å². The molecule has 0 aromatic heterocycles. The molecule has 0 aliphatic carbocycles. The summed E-state index contributed by atoms with van der Waals surface area (Å²) in [6.45, 7) is -0.0486. The van der Waals surface area contributed by atoms with Crippen LogP contribution in [-0.4, -0.2) is 21.9 Å². The van der Waals surface area contributed by atoms with Gasteiger partial charge in [0.2, 0.25) is 0 Å². The number of esters is 1. The van der Waals surface area contributed by atoms with Crippen LogP contribution >= 0.6 is 11.8 Å². The molecule has 1 aliphatic rings. The Hall–Kier alpha value is -1.93. The Labute approximate surface area is 117 Å². The van der Waals surface area contributed by atoms with Gasteiger partial charge < -0.3 is 4.74 Å². The first-order valence-corrected chi connectivity index (χ1v) is 5.73. The summed E-state index contributed by atoms with van der Waals surface area (Å²) in [5.74, 6) is -0.939. The van der Waals surface area contributed by atoms with Crippen LogP contribution in [-0.2, 0) is 16.1 Å². The Kier molecular flexibility index (Phi) is 4.05. The number of hydrogen-bond donors (Lipinski definition) is 1. The van der Waals surface area contributed by atoms with Crippen molar-refractivity contribution < 1.29 is 22.7 Å². The van der Waals surface area contributed by atoms with Crippen LogP contribution in [0.2, 0.25) is 0 Å². The van der Waals surface area contributed by atoms with Crippen molar-refractivity contribution in [2.75, 3.05) is 0 Å². The average molecular weight is 308 g/mol. The molecule has 0 bridgehead atoms. The third-order valence-corrected chi connectivity index (χ3v) is 2.59. The van der Waals surface area contributed by atoms with Gasteiger partial charge in [0.25, 0.3) is 0 Å². The van der Waals surface area contributed by atoms with Gasteiger partial charge in [-0.1, -0.05) is 30.3 Å². The van der Waals surface area contributed by atoms with Crippen molar-refractivity contribution in [3.05, 3.63) is 47.8 Å². The first kappa shape index (κ1) is 14.5. The summed E-state index contributed by atoms with van der Waals surface area (Å²) < 4.78 is 42.4. The van der Waals surface area contributed by atoms with E-state index in [9.17, 15) is 18.0 Å². The van der Waals surface area contributed by atoms with E-state index in [-0.39, 0.29) is 16.3 Å². The first-order chi connectivity index (χ1) is 9.38. The number of hydrogen-bond acceptors (Lipinski definition) is 5. The summed E-state index contributed by atoms with van der Waals surface area (Å²) in [6, 6.07) is 8.74. The lowest BCUT2D eigenvalue weighted by atomic mass is 10.2. The number of rotatable bonds is 3. The standard InChI is InChI=1S/C11H9ClF3N3O2/c12-18-16-9(6-17(18)11(13,14)15)10(19)20-7-8-4-2-1-3-5-8/h1-6,16H,7H2. The number of carbonyl (C=O) groups excluding carboxylic acids is 1. The van der Waals surface area contributed by atoms with Gasteiger partial charge in [0.15, 0.2) is 5.70 Å². The maximum atomic E-state index is 12.5. The lowest BCUT2D eigenvalue weighted by Crippen LogP contribution is -2.43. The highest BCUT2D eigenvalue weighted by Gasteiger charge is 2.44. The number of carbonyl (C=O) groups is 1. The quantitative estimate of drug-likeness (QED) is 0.527. The second kappa shape index (κ2) is 5.59. The molecular weight excluding hydrogens is 299 g/mol. The minimum atomic E-state index is -4.74. The Morgan fingerprint density at radius 2 is 1.95 bits per heavy atom. The molecule has 0 saturated carbocycles. The molecule has 1 aromatic carbocycles. The number of benzene rings is 1. The predicted molar refractivity (Wildman–Crippen MR) is 63.0 cm³/mol. The molecular formula is C11H9ClF3N3O2. The lowest BCUT2D eigenvalue weighted by molar-refractivity contribution is -0.272. The smallest absolute Gasteiger partial charge is 0.456 e. The summed E-state index contributed by atoms with van der Waals surface area (Å²) in [7, 11) is 0. The van der Waals surface area contributed by atoms with E-state index in [1.165, 1.54) is 0 Å². The first-order valence-electron chi connectivity index (χ1n) is 5.39. The number of alkyl halides is 3. The molecule has 1 heterocycles. The van der Waals surface area contributed by atoms with Crippen molar-refractivity contribution in [1.29, 1.82) is 0 Å². The van der Waals surface area contributed by atoms with Crippen LogP contribution in [0.4, 0.5) is 13.2 Å². The van der Waals surface area contributed by atoms with E-state index in [1.54, 1.807) is 30.3 Å². The molecule has 0 unspecified atom stereocenters. The van der Waals surface area contributed by atoms with Gasteiger partial charge in [-0.2, -0.15) is 5.01 Å². The van der Waals surface area contributed by atoms with Gasteiger partial charge in [-0.25, -0.2) is 4.79 Å². The molecule has 9 heteroatoms. The maximum absolute atomic E-state index is 12.5. The predicted octanol–water partition coefficient (Wildman–Crippen LogP) is 2.28. The summed E-state index contributed by atoms with van der Waals surface area (Å²) in [5.41, 5.74) is 2.35. The Bertz CT molecular complexity index is 521. The zero-order valence-corrected chi connectivity index (χ0v) is 10.6. The number of nitrogens with one attached hydrogen (secondary N) is 1. The molecule has 0 radical (unpaired) electrons. The van der Waals surface area contributed by atoms with E-state index >= 15 is 0 Å². The van der Waals surface area contributed by atoms with Gasteiger partial charge in [-0.05, 0) is 10.2 Å². The van der Waals surface area contributed by atoms with Gasteiger partial charge in [-0.15, -0.1) is 13.2 Å². The van der Waals surface area contributed by atoms with Crippen LogP contribution in [0.3, 0.4) is 0 Å². The van der Waals surface area contributed by atoms with Crippen molar-refractivity contribution in [2.24, 2.45) is 0 Å². The van der Waals surface area contributed by atoms with Crippen molar-refractivity contribution in [3.8, 4) is 0 Å². The Balaban J connectivity index is 1.97. The Morgan fingerprint density at radius 1 is 1.30 bits per heavy atom. The molecule has 0 saturated heterocycles. The molecule has 108 valence electrons. The van der Waals surface area contributed by atoms with Crippen molar-refractivity contribution >= 4 is 17.7 Å². The van der Waals surface area contributed by atoms with Gasteiger partial charge in [0, 0.05) is 11.8 Å². The van der Waals surface area contributed by atoms with Crippen LogP contribution in [0.1, 0.15) is 5.56 Å². The fourth-order valence-corrected chi connectivity index (χ4v) is 1.65. The number of hydrazine groups is 2. The summed E-state index contributed by atoms with van der Waals surface area (Å²) in [5, 5.41) is -0.284. The average Bonchev–Trinajstić information content (AvgIpc) is 2.79. The van der Waals surface area contributed by atoms with Crippen LogP contribution in [0.15, 0.2) is 42.2 Å². The van der Waals surface area contributed by atoms with Crippen molar-refractivity contribution in [3.63, 3.8) is 0 Å². The van der Waals surface area contributed by atoms with E-state index in [0.717, 1.165) is 5.56 Å². The molecule has 2 rings (SSSR count). The highest BCUT2D eigenvalue weighted by molar-refractivity contribution is 6.13. The van der Waals surface area contributed by atoms with E-state index in [4.69, 9.17) is 16.5 Å². The third-order valence-electron chi connectivity index (χ3n) is 2.35. The molecule has 0 fully saturated rings. The van der Waals surface area contributed by atoms with E-state index in [1.807, 2.05) is 5.43 Å². The minimum Gasteiger partial charge on any atom is -0.456 e. The van der Waals surface area contributed by atoms with Crippen LogP contribution in [0.5, 0.6) is 0 Å². The number of halogens is 4. The van der Waals surface area contributed by atoms with Crippen LogP contribution in [0.25, 0.3) is 0 Å². The molecule has 5 nitrogen and oxygen atoms in total. The van der Waals surface area contributed by atoms with E-state index in [2.05, 4.69) is 0 Å². The fourth-order valence-electron chi connectivity index (χ4n) is 1.43. The molecule has 0 spiro atoms. The highest BCUT2D eigenvalue weighted by Crippen LogP contribution is 2.28. The molecule has 20 heavy (non-hydrogen) atoms. The SMILES string of the molecule is O=C(OCc1ccccc1)C1=CN(C(F)(F)F)N(Cl)N1. The zero-order chi connectivity index (χ0) is 14.8. The third kappa shape index (κ3) is 3.34. The maximum Gasteiger partial charge on any atom is 0.501 e. The normalized spacial score (nSPS) is 15.8. The van der Waals surface area contributed by atoms with Crippen LogP contribution < -0.4 is 5.43 Å². The molecule has 1 N–H and O–H groups in total. The largest absolute Gasteiger partial charge is 0.501 e. The molecule has 0 amide bonds. The summed E-state index contributed by atoms with van der Waals surface area (Å²) in [6.07, 6.45) is -4.23. The highest BCUT2D eigenvalue weighted by atomic mass is 35.5. The fraction of sp³-hybridized carbons (Fsp3) is 0.182. The summed E-state index contributed by atoms with van der Waals surface area (Å²) >= 11 is 5.29. The van der Waals surface area contributed by atoms with Crippen molar-refractivity contribution in [1.82, 2.24) is 15.1 Å².